The van der Waals surface area contributed by atoms with E-state index in [1.165, 1.54) is 5.56 Å². The lowest BCUT2D eigenvalue weighted by Gasteiger charge is -2.12. The molecule has 0 amide bonds. The summed E-state index contributed by atoms with van der Waals surface area (Å²) in [5.41, 5.74) is 1.19. The molecule has 0 fully saturated rings. The van der Waals surface area contributed by atoms with Crippen LogP contribution >= 0.6 is 11.6 Å². The highest BCUT2D eigenvalue weighted by atomic mass is 35.5. The first-order valence-electron chi connectivity index (χ1n) is 7.25. The van der Waals surface area contributed by atoms with Gasteiger partial charge < -0.3 is 15.0 Å². The van der Waals surface area contributed by atoms with Crippen LogP contribution in [0, 0.1) is 5.92 Å². The number of nitrogens with zero attached hydrogens (tertiary/aromatic N) is 1. The van der Waals surface area contributed by atoms with E-state index in [1.54, 1.807) is 0 Å². The third-order valence-electron chi connectivity index (χ3n) is 2.89. The van der Waals surface area contributed by atoms with Crippen LogP contribution in [0.15, 0.2) is 18.2 Å². The van der Waals surface area contributed by atoms with Crippen molar-refractivity contribution in [2.45, 2.75) is 26.8 Å². The van der Waals surface area contributed by atoms with Crippen molar-refractivity contribution in [2.24, 2.45) is 5.92 Å². The topological polar surface area (TPSA) is 24.5 Å². The molecule has 1 aromatic rings. The van der Waals surface area contributed by atoms with Gasteiger partial charge in [-0.1, -0.05) is 31.5 Å². The van der Waals surface area contributed by atoms with Gasteiger partial charge in [0.15, 0.2) is 0 Å². The van der Waals surface area contributed by atoms with E-state index in [0.29, 0.717) is 17.5 Å². The molecule has 0 unspecified atom stereocenters. The molecule has 1 N–H and O–H groups in total. The van der Waals surface area contributed by atoms with E-state index >= 15 is 0 Å². The third kappa shape index (κ3) is 7.13. The molecule has 0 radical (unpaired) electrons. The lowest BCUT2D eigenvalue weighted by molar-refractivity contribution is 0.281. The van der Waals surface area contributed by atoms with Crippen LogP contribution in [0.25, 0.3) is 0 Å². The minimum absolute atomic E-state index is 0.657. The molecule has 0 aliphatic rings. The molecule has 0 aliphatic heterocycles. The molecule has 0 aliphatic carbocycles. The highest BCUT2D eigenvalue weighted by molar-refractivity contribution is 6.32. The smallest absolute Gasteiger partial charge is 0.137 e. The van der Waals surface area contributed by atoms with Crippen molar-refractivity contribution in [2.75, 3.05) is 33.8 Å². The summed E-state index contributed by atoms with van der Waals surface area (Å²) in [5.74, 6) is 1.43. The van der Waals surface area contributed by atoms with Crippen LogP contribution in [0.3, 0.4) is 0 Å². The largest absolute Gasteiger partial charge is 0.492 e. The van der Waals surface area contributed by atoms with Crippen LogP contribution in [0.5, 0.6) is 5.75 Å². The minimum Gasteiger partial charge on any atom is -0.492 e. The molecule has 4 heteroatoms. The molecule has 0 atom stereocenters. The summed E-state index contributed by atoms with van der Waals surface area (Å²) in [6, 6.07) is 6.01. The fraction of sp³-hybridized carbons (Fsp3) is 0.625. The summed E-state index contributed by atoms with van der Waals surface area (Å²) in [7, 11) is 4.12. The van der Waals surface area contributed by atoms with Gasteiger partial charge in [-0.2, -0.15) is 0 Å². The van der Waals surface area contributed by atoms with Crippen LogP contribution in [0.4, 0.5) is 0 Å². The molecule has 3 nitrogen and oxygen atoms in total. The average molecular weight is 299 g/mol. The lowest BCUT2D eigenvalue weighted by Crippen LogP contribution is -2.18. The van der Waals surface area contributed by atoms with Crippen LogP contribution in [0.1, 0.15) is 25.8 Å². The van der Waals surface area contributed by atoms with Crippen molar-refractivity contribution in [1.29, 1.82) is 0 Å². The molecule has 0 saturated carbocycles. The number of hydrogen-bond acceptors (Lipinski definition) is 3. The highest BCUT2D eigenvalue weighted by Crippen LogP contribution is 2.25. The second-order valence-corrected chi connectivity index (χ2v) is 6.20. The maximum absolute atomic E-state index is 6.25. The number of halogens is 1. The van der Waals surface area contributed by atoms with E-state index in [4.69, 9.17) is 16.3 Å². The zero-order valence-electron chi connectivity index (χ0n) is 13.1. The predicted octanol–water partition coefficient (Wildman–Crippen LogP) is 3.42. The van der Waals surface area contributed by atoms with Gasteiger partial charge in [-0.15, -0.1) is 0 Å². The van der Waals surface area contributed by atoms with Gasteiger partial charge in [0.05, 0.1) is 11.6 Å². The zero-order chi connectivity index (χ0) is 15.0. The SMILES string of the molecule is CC(C)CNCc1ccc(OCCCN(C)C)c(Cl)c1. The summed E-state index contributed by atoms with van der Waals surface area (Å²) in [6.07, 6.45) is 1.00. The van der Waals surface area contributed by atoms with Crippen molar-refractivity contribution in [3.63, 3.8) is 0 Å². The van der Waals surface area contributed by atoms with E-state index < -0.39 is 0 Å². The van der Waals surface area contributed by atoms with Crippen molar-refractivity contribution in [3.8, 4) is 5.75 Å². The highest BCUT2D eigenvalue weighted by Gasteiger charge is 2.04. The monoisotopic (exact) mass is 298 g/mol. The third-order valence-corrected chi connectivity index (χ3v) is 3.18. The Morgan fingerprint density at radius 1 is 1.30 bits per heavy atom. The molecule has 0 saturated heterocycles. The molecular weight excluding hydrogens is 272 g/mol. The Morgan fingerprint density at radius 3 is 2.65 bits per heavy atom. The van der Waals surface area contributed by atoms with Gasteiger partial charge in [0.25, 0.3) is 0 Å². The van der Waals surface area contributed by atoms with E-state index in [-0.39, 0.29) is 0 Å². The second-order valence-electron chi connectivity index (χ2n) is 5.79. The van der Waals surface area contributed by atoms with Crippen LogP contribution in [0.2, 0.25) is 5.02 Å². The molecular formula is C16H27ClN2O. The van der Waals surface area contributed by atoms with E-state index in [1.807, 2.05) is 12.1 Å². The summed E-state index contributed by atoms with van der Waals surface area (Å²) >= 11 is 6.25. The molecule has 0 heterocycles. The van der Waals surface area contributed by atoms with Gasteiger partial charge >= 0.3 is 0 Å². The summed E-state index contributed by atoms with van der Waals surface area (Å²) in [6.45, 7) is 7.98. The van der Waals surface area contributed by atoms with Crippen LogP contribution < -0.4 is 10.1 Å². The Labute approximate surface area is 128 Å². The Balaban J connectivity index is 2.39. The normalized spacial score (nSPS) is 11.3. The van der Waals surface area contributed by atoms with E-state index in [9.17, 15) is 0 Å². The standard InChI is InChI=1S/C16H27ClN2O/c1-13(2)11-18-12-14-6-7-16(15(17)10-14)20-9-5-8-19(3)4/h6-7,10,13,18H,5,8-9,11-12H2,1-4H3. The number of rotatable bonds is 9. The van der Waals surface area contributed by atoms with Crippen molar-refractivity contribution in [3.05, 3.63) is 28.8 Å². The first-order chi connectivity index (χ1) is 9.49. The minimum atomic E-state index is 0.657. The van der Waals surface area contributed by atoms with E-state index in [0.717, 1.165) is 31.8 Å². The number of ether oxygens (including phenoxy) is 1. The molecule has 1 rings (SSSR count). The Hall–Kier alpha value is -0.770. The maximum atomic E-state index is 6.25. The fourth-order valence-corrected chi connectivity index (χ4v) is 2.10. The quantitative estimate of drug-likeness (QED) is 0.707. The molecule has 114 valence electrons. The number of nitrogens with one attached hydrogen (secondary N) is 1. The lowest BCUT2D eigenvalue weighted by atomic mass is 10.2. The summed E-state index contributed by atoms with van der Waals surface area (Å²) < 4.78 is 5.71. The molecule has 0 bridgehead atoms. The Bertz CT molecular complexity index is 394. The molecule has 1 aromatic carbocycles. The van der Waals surface area contributed by atoms with Gasteiger partial charge in [0, 0.05) is 13.1 Å². The van der Waals surface area contributed by atoms with Crippen LogP contribution in [-0.4, -0.2) is 38.7 Å². The first-order valence-corrected chi connectivity index (χ1v) is 7.63. The Morgan fingerprint density at radius 2 is 2.05 bits per heavy atom. The zero-order valence-corrected chi connectivity index (χ0v) is 13.8. The number of hydrogen-bond donors (Lipinski definition) is 1. The van der Waals surface area contributed by atoms with Gasteiger partial charge in [0.1, 0.15) is 5.75 Å². The van der Waals surface area contributed by atoms with Gasteiger partial charge in [-0.3, -0.25) is 0 Å². The average Bonchev–Trinajstić information content (AvgIpc) is 2.36. The second kappa shape index (κ2) is 9.22. The van der Waals surface area contributed by atoms with Crippen molar-refractivity contribution >= 4 is 11.6 Å². The van der Waals surface area contributed by atoms with Crippen molar-refractivity contribution in [1.82, 2.24) is 10.2 Å². The predicted molar refractivity (Wildman–Crippen MR) is 86.7 cm³/mol. The van der Waals surface area contributed by atoms with E-state index in [2.05, 4.69) is 44.2 Å². The van der Waals surface area contributed by atoms with Crippen molar-refractivity contribution < 1.29 is 4.74 Å². The fourth-order valence-electron chi connectivity index (χ4n) is 1.84. The molecule has 0 spiro atoms. The summed E-state index contributed by atoms with van der Waals surface area (Å²) in [4.78, 5) is 2.15. The Kier molecular flexibility index (Phi) is 7.97. The molecule has 20 heavy (non-hydrogen) atoms. The number of benzene rings is 1. The van der Waals surface area contributed by atoms with Crippen LogP contribution in [-0.2, 0) is 6.54 Å². The first kappa shape index (κ1) is 17.3. The maximum Gasteiger partial charge on any atom is 0.137 e. The van der Waals surface area contributed by atoms with Gasteiger partial charge in [-0.05, 0) is 50.7 Å². The van der Waals surface area contributed by atoms with Gasteiger partial charge in [-0.25, -0.2) is 0 Å². The molecule has 0 aromatic heterocycles. The van der Waals surface area contributed by atoms with Gasteiger partial charge in [0.2, 0.25) is 0 Å². The summed E-state index contributed by atoms with van der Waals surface area (Å²) in [5, 5.41) is 4.10.